The van der Waals surface area contributed by atoms with E-state index in [9.17, 15) is 18.5 Å². The van der Waals surface area contributed by atoms with Crippen molar-refractivity contribution in [1.29, 1.82) is 5.26 Å². The van der Waals surface area contributed by atoms with Crippen molar-refractivity contribution < 1.29 is 13.2 Å². The van der Waals surface area contributed by atoms with E-state index in [0.717, 1.165) is 31.0 Å². The number of nitriles is 1. The molecule has 4 rings (SSSR count). The van der Waals surface area contributed by atoms with Gasteiger partial charge in [0.25, 0.3) is 0 Å². The zero-order valence-corrected chi connectivity index (χ0v) is 21.0. The number of hydrogen-bond acceptors (Lipinski definition) is 6. The minimum atomic E-state index is -3.76. The Morgan fingerprint density at radius 1 is 1.27 bits per heavy atom. The zero-order valence-electron chi connectivity index (χ0n) is 18.5. The van der Waals surface area contributed by atoms with Crippen molar-refractivity contribution in [3.8, 4) is 6.07 Å². The lowest BCUT2D eigenvalue weighted by atomic mass is 9.97. The molecule has 0 spiro atoms. The van der Waals surface area contributed by atoms with Crippen LogP contribution in [0.15, 0.2) is 29.2 Å². The first kappa shape index (κ1) is 25.7. The third-order valence-corrected chi connectivity index (χ3v) is 8.60. The molecule has 1 unspecified atom stereocenters. The predicted molar refractivity (Wildman–Crippen MR) is 132 cm³/mol. The molecule has 1 aromatic carbocycles. The van der Waals surface area contributed by atoms with E-state index in [4.69, 9.17) is 5.14 Å². The summed E-state index contributed by atoms with van der Waals surface area (Å²) in [5.41, 5.74) is 2.30. The summed E-state index contributed by atoms with van der Waals surface area (Å²) < 4.78 is 22.8. The number of carbonyl (C=O) groups excluding carboxylic acids is 1. The number of fused-ring (bicyclic) bond motifs is 1. The summed E-state index contributed by atoms with van der Waals surface area (Å²) in [5.74, 6) is 0.516. The first-order chi connectivity index (χ1) is 15.2. The van der Waals surface area contributed by atoms with Gasteiger partial charge in [-0.1, -0.05) is 25.0 Å². The maximum Gasteiger partial charge on any atom is 0.238 e. The van der Waals surface area contributed by atoms with Crippen LogP contribution in [0.5, 0.6) is 0 Å². The van der Waals surface area contributed by atoms with Crippen LogP contribution in [0.4, 0.5) is 5.00 Å². The van der Waals surface area contributed by atoms with Gasteiger partial charge in [-0.25, -0.2) is 13.6 Å². The number of hydrogen-bond donors (Lipinski definition) is 2. The van der Waals surface area contributed by atoms with E-state index in [2.05, 4.69) is 23.2 Å². The maximum atomic E-state index is 12.6. The maximum absolute atomic E-state index is 12.6. The lowest BCUT2D eigenvalue weighted by Gasteiger charge is -2.35. The molecule has 0 saturated heterocycles. The van der Waals surface area contributed by atoms with Gasteiger partial charge in [0.2, 0.25) is 15.9 Å². The normalized spacial score (nSPS) is 18.9. The number of anilines is 1. The highest BCUT2D eigenvalue weighted by Gasteiger charge is 2.31. The molecule has 10 heteroatoms. The molecule has 1 aliphatic heterocycles. The smallest absolute Gasteiger partial charge is 0.238 e. The number of carbonyl (C=O) groups is 1. The topological polar surface area (TPSA) is 116 Å². The van der Waals surface area contributed by atoms with Gasteiger partial charge in [0.1, 0.15) is 11.1 Å². The second kappa shape index (κ2) is 10.5. The van der Waals surface area contributed by atoms with Gasteiger partial charge in [-0.2, -0.15) is 5.26 Å². The van der Waals surface area contributed by atoms with Gasteiger partial charge < -0.3 is 5.32 Å². The number of primary sulfonamides is 1. The van der Waals surface area contributed by atoms with E-state index in [-0.39, 0.29) is 29.6 Å². The monoisotopic (exact) mass is 508 g/mol. The Labute approximate surface area is 205 Å². The van der Waals surface area contributed by atoms with E-state index >= 15 is 0 Å². The number of rotatable bonds is 6. The van der Waals surface area contributed by atoms with Gasteiger partial charge in [-0.05, 0) is 49.8 Å². The summed E-state index contributed by atoms with van der Waals surface area (Å²) in [6.07, 6.45) is 6.21. The lowest BCUT2D eigenvalue weighted by molar-refractivity contribution is -0.115. The van der Waals surface area contributed by atoms with Crippen LogP contribution in [-0.2, 0) is 34.2 Å². The van der Waals surface area contributed by atoms with Crippen LogP contribution in [0.25, 0.3) is 0 Å². The van der Waals surface area contributed by atoms with E-state index in [1.807, 2.05) is 0 Å². The Hall–Kier alpha value is -1.96. The van der Waals surface area contributed by atoms with Crippen LogP contribution < -0.4 is 10.5 Å². The number of amides is 1. The highest BCUT2D eigenvalue weighted by atomic mass is 35.5. The first-order valence-electron chi connectivity index (χ1n) is 10.9. The van der Waals surface area contributed by atoms with Gasteiger partial charge in [0.05, 0.1) is 16.9 Å². The Balaban J connectivity index is 0.00000306. The number of nitrogens with one attached hydrogen (secondary N) is 1. The quantitative estimate of drug-likeness (QED) is 0.615. The van der Waals surface area contributed by atoms with Gasteiger partial charge in [-0.3, -0.25) is 9.69 Å². The second-order valence-corrected chi connectivity index (χ2v) is 11.5. The number of benzene rings is 1. The summed E-state index contributed by atoms with van der Waals surface area (Å²) in [6.45, 7) is 4.09. The minimum Gasteiger partial charge on any atom is -0.316 e. The molecule has 178 valence electrons. The average Bonchev–Trinajstić information content (AvgIpc) is 3.35. The van der Waals surface area contributed by atoms with Crippen molar-refractivity contribution >= 4 is 44.7 Å². The Kier molecular flexibility index (Phi) is 8.19. The molecular formula is C23H29ClN4O3S2. The molecule has 0 radical (unpaired) electrons. The predicted octanol–water partition coefficient (Wildman–Crippen LogP) is 3.81. The fraction of sp³-hybridized carbons (Fsp3) is 0.478. The Bertz CT molecular complexity index is 1150. The van der Waals surface area contributed by atoms with E-state index in [0.29, 0.717) is 22.2 Å². The van der Waals surface area contributed by atoms with Crippen LogP contribution in [-0.4, -0.2) is 31.8 Å². The van der Waals surface area contributed by atoms with Crippen LogP contribution in [0.2, 0.25) is 0 Å². The summed E-state index contributed by atoms with van der Waals surface area (Å²) in [4.78, 5) is 16.3. The third kappa shape index (κ3) is 5.94. The molecule has 1 aliphatic carbocycles. The highest BCUT2D eigenvalue weighted by molar-refractivity contribution is 7.89. The van der Waals surface area contributed by atoms with E-state index < -0.39 is 10.0 Å². The van der Waals surface area contributed by atoms with Crippen molar-refractivity contribution in [2.75, 3.05) is 11.9 Å². The molecule has 1 saturated carbocycles. The molecule has 2 heterocycles. The van der Waals surface area contributed by atoms with E-state index in [1.54, 1.807) is 12.1 Å². The van der Waals surface area contributed by atoms with Crippen LogP contribution in [0.1, 0.15) is 54.2 Å². The number of sulfonamides is 1. The number of halogens is 1. The summed E-state index contributed by atoms with van der Waals surface area (Å²) in [5, 5.41) is 18.5. The van der Waals surface area contributed by atoms with E-state index in [1.165, 1.54) is 54.0 Å². The number of thiophene rings is 1. The molecule has 1 fully saturated rings. The van der Waals surface area contributed by atoms with Gasteiger partial charge >= 0.3 is 0 Å². The lowest BCUT2D eigenvalue weighted by Crippen LogP contribution is -2.40. The van der Waals surface area contributed by atoms with Crippen LogP contribution >= 0.6 is 23.7 Å². The minimum absolute atomic E-state index is 0. The molecule has 2 aromatic rings. The summed E-state index contributed by atoms with van der Waals surface area (Å²) >= 11 is 1.50. The van der Waals surface area contributed by atoms with Crippen molar-refractivity contribution in [3.05, 3.63) is 45.8 Å². The molecule has 1 atom stereocenters. The highest BCUT2D eigenvalue weighted by Crippen LogP contribution is 2.39. The molecule has 7 nitrogen and oxygen atoms in total. The second-order valence-electron chi connectivity index (χ2n) is 8.87. The number of nitrogens with zero attached hydrogens (tertiary/aromatic N) is 2. The van der Waals surface area contributed by atoms with Crippen LogP contribution in [0, 0.1) is 17.2 Å². The van der Waals surface area contributed by atoms with Crippen LogP contribution in [0.3, 0.4) is 0 Å². The first-order valence-corrected chi connectivity index (χ1v) is 13.3. The van der Waals surface area contributed by atoms with Gasteiger partial charge in [0, 0.05) is 29.6 Å². The van der Waals surface area contributed by atoms with Gasteiger partial charge in [0.15, 0.2) is 0 Å². The molecule has 1 aromatic heterocycles. The SMILES string of the molecule is CC1Cc2sc(NC(=O)Cc3ccc(S(N)(=O)=O)cc3)c(C#N)c2CN1CC1CCCC1.Cl. The summed E-state index contributed by atoms with van der Waals surface area (Å²) in [6, 6.07) is 8.67. The largest absolute Gasteiger partial charge is 0.316 e. The molecule has 0 bridgehead atoms. The molecule has 3 N–H and O–H groups in total. The molecule has 1 amide bonds. The Morgan fingerprint density at radius 2 is 1.94 bits per heavy atom. The summed E-state index contributed by atoms with van der Waals surface area (Å²) in [7, 11) is -3.76. The fourth-order valence-corrected chi connectivity index (χ4v) is 6.54. The van der Waals surface area contributed by atoms with Crippen molar-refractivity contribution in [2.24, 2.45) is 11.1 Å². The third-order valence-electron chi connectivity index (χ3n) is 6.50. The van der Waals surface area contributed by atoms with Gasteiger partial charge in [-0.15, -0.1) is 23.7 Å². The average molecular weight is 509 g/mol. The van der Waals surface area contributed by atoms with Crippen molar-refractivity contribution in [3.63, 3.8) is 0 Å². The van der Waals surface area contributed by atoms with Crippen molar-refractivity contribution in [1.82, 2.24) is 4.90 Å². The standard InChI is InChI=1S/C23H28N4O3S2.ClH/c1-15-10-21-20(14-27(15)13-17-4-2-3-5-17)19(12-24)23(31-21)26-22(28)11-16-6-8-18(9-7-16)32(25,29)30;/h6-9,15,17H,2-5,10-11,13-14H2,1H3,(H,26,28)(H2,25,29,30);1H. The number of nitrogens with two attached hydrogens (primary N) is 1. The van der Waals surface area contributed by atoms with Crippen molar-refractivity contribution in [2.45, 2.75) is 62.9 Å². The zero-order chi connectivity index (χ0) is 22.9. The fourth-order valence-electron chi connectivity index (χ4n) is 4.73. The molecular weight excluding hydrogens is 480 g/mol. The molecule has 2 aliphatic rings. The Morgan fingerprint density at radius 3 is 2.55 bits per heavy atom. The molecule has 33 heavy (non-hydrogen) atoms.